The Labute approximate surface area is 207 Å². The van der Waals surface area contributed by atoms with Gasteiger partial charge in [-0.1, -0.05) is 30.3 Å². The van der Waals surface area contributed by atoms with Gasteiger partial charge in [-0.3, -0.25) is 4.99 Å². The molecule has 1 unspecified atom stereocenters. The maximum absolute atomic E-state index is 6.20. The van der Waals surface area contributed by atoms with Crippen molar-refractivity contribution in [2.75, 3.05) is 26.8 Å². The summed E-state index contributed by atoms with van der Waals surface area (Å²) in [5, 5.41) is 8.15. The fourth-order valence-corrected chi connectivity index (χ4v) is 3.93. The molecule has 1 aromatic heterocycles. The lowest BCUT2D eigenvalue weighted by molar-refractivity contribution is 0.140. The second kappa shape index (κ2) is 12.1. The maximum Gasteiger partial charge on any atom is 0.191 e. The molecular formula is C25H33IN4O2. The van der Waals surface area contributed by atoms with Crippen LogP contribution in [0.2, 0.25) is 0 Å². The quantitative estimate of drug-likeness (QED) is 0.167. The van der Waals surface area contributed by atoms with Crippen LogP contribution in [0.3, 0.4) is 0 Å². The summed E-state index contributed by atoms with van der Waals surface area (Å²) >= 11 is 0. The first kappa shape index (κ1) is 24.4. The van der Waals surface area contributed by atoms with Gasteiger partial charge in [-0.2, -0.15) is 0 Å². The SMILES string of the molecule is CN=C(NCCCc1c[nH]c2ccccc12)NCc1ccc(C)cc1OC1CCOC1.I. The zero-order chi connectivity index (χ0) is 21.5. The lowest BCUT2D eigenvalue weighted by Crippen LogP contribution is -2.37. The Bertz CT molecular complexity index is 1030. The van der Waals surface area contributed by atoms with Crippen molar-refractivity contribution in [2.24, 2.45) is 4.99 Å². The molecule has 7 heteroatoms. The Morgan fingerprint density at radius 2 is 2.06 bits per heavy atom. The van der Waals surface area contributed by atoms with E-state index in [1.54, 1.807) is 7.05 Å². The average molecular weight is 548 g/mol. The molecule has 0 spiro atoms. The molecule has 2 heterocycles. The maximum atomic E-state index is 6.20. The van der Waals surface area contributed by atoms with Crippen LogP contribution in [0.1, 0.15) is 29.5 Å². The molecule has 0 saturated carbocycles. The number of hydrogen-bond acceptors (Lipinski definition) is 3. The smallest absolute Gasteiger partial charge is 0.191 e. The Morgan fingerprint density at radius 1 is 1.19 bits per heavy atom. The zero-order valence-corrected chi connectivity index (χ0v) is 21.1. The van der Waals surface area contributed by atoms with E-state index in [1.165, 1.54) is 22.0 Å². The van der Waals surface area contributed by atoms with E-state index in [0.717, 1.165) is 49.7 Å². The van der Waals surface area contributed by atoms with Crippen molar-refractivity contribution in [2.45, 2.75) is 38.8 Å². The first-order chi connectivity index (χ1) is 15.2. The zero-order valence-electron chi connectivity index (χ0n) is 18.8. The molecule has 1 saturated heterocycles. The van der Waals surface area contributed by atoms with Crippen molar-refractivity contribution < 1.29 is 9.47 Å². The number of ether oxygens (including phenoxy) is 2. The van der Waals surface area contributed by atoms with Gasteiger partial charge in [0.2, 0.25) is 0 Å². The van der Waals surface area contributed by atoms with Gasteiger partial charge in [0.15, 0.2) is 5.96 Å². The number of nitrogens with zero attached hydrogens (tertiary/aromatic N) is 1. The summed E-state index contributed by atoms with van der Waals surface area (Å²) in [5.74, 6) is 1.73. The van der Waals surface area contributed by atoms with E-state index in [9.17, 15) is 0 Å². The predicted octanol–water partition coefficient (Wildman–Crippen LogP) is 4.56. The van der Waals surface area contributed by atoms with Gasteiger partial charge in [-0.15, -0.1) is 24.0 Å². The molecule has 3 N–H and O–H groups in total. The summed E-state index contributed by atoms with van der Waals surface area (Å²) in [6.45, 7) is 5.05. The van der Waals surface area contributed by atoms with Gasteiger partial charge < -0.3 is 25.1 Å². The number of halogens is 1. The molecule has 2 aromatic carbocycles. The second-order valence-corrected chi connectivity index (χ2v) is 8.03. The van der Waals surface area contributed by atoms with Gasteiger partial charge in [0, 0.05) is 49.2 Å². The largest absolute Gasteiger partial charge is 0.488 e. The number of nitrogens with one attached hydrogen (secondary N) is 3. The minimum absolute atomic E-state index is 0. The van der Waals surface area contributed by atoms with E-state index >= 15 is 0 Å². The van der Waals surface area contributed by atoms with Gasteiger partial charge in [-0.05, 0) is 43.0 Å². The van der Waals surface area contributed by atoms with Crippen LogP contribution in [0.25, 0.3) is 10.9 Å². The Morgan fingerprint density at radius 3 is 2.88 bits per heavy atom. The highest BCUT2D eigenvalue weighted by molar-refractivity contribution is 14.0. The number of aromatic amines is 1. The molecule has 1 aliphatic rings. The van der Waals surface area contributed by atoms with Gasteiger partial charge >= 0.3 is 0 Å². The number of H-pyrrole nitrogens is 1. The van der Waals surface area contributed by atoms with Crippen molar-refractivity contribution in [1.82, 2.24) is 15.6 Å². The summed E-state index contributed by atoms with van der Waals surface area (Å²) in [5.41, 5.74) is 4.87. The number of rotatable bonds is 8. The summed E-state index contributed by atoms with van der Waals surface area (Å²) in [4.78, 5) is 7.71. The molecule has 32 heavy (non-hydrogen) atoms. The van der Waals surface area contributed by atoms with Crippen LogP contribution in [-0.4, -0.2) is 43.9 Å². The van der Waals surface area contributed by atoms with E-state index in [1.807, 2.05) is 0 Å². The van der Waals surface area contributed by atoms with Gasteiger partial charge in [0.1, 0.15) is 11.9 Å². The van der Waals surface area contributed by atoms with Crippen LogP contribution in [0.4, 0.5) is 0 Å². The minimum atomic E-state index is 0. The number of para-hydroxylation sites is 1. The number of aryl methyl sites for hydroxylation is 2. The highest BCUT2D eigenvalue weighted by Crippen LogP contribution is 2.24. The normalized spacial score (nSPS) is 16.1. The molecule has 6 nitrogen and oxygen atoms in total. The van der Waals surface area contributed by atoms with E-state index in [-0.39, 0.29) is 30.1 Å². The first-order valence-corrected chi connectivity index (χ1v) is 11.1. The molecule has 0 bridgehead atoms. The third-order valence-electron chi connectivity index (χ3n) is 5.66. The topological polar surface area (TPSA) is 70.7 Å². The van der Waals surface area contributed by atoms with Crippen molar-refractivity contribution in [3.8, 4) is 5.75 Å². The summed E-state index contributed by atoms with van der Waals surface area (Å²) in [6.07, 6.45) is 5.26. The third-order valence-corrected chi connectivity index (χ3v) is 5.66. The van der Waals surface area contributed by atoms with Crippen molar-refractivity contribution in [3.05, 3.63) is 65.4 Å². The average Bonchev–Trinajstić information content (AvgIpc) is 3.44. The number of fused-ring (bicyclic) bond motifs is 1. The number of aromatic nitrogens is 1. The molecule has 0 aliphatic carbocycles. The standard InChI is InChI=1S/C25H32N4O2.HI/c1-18-9-10-20(24(14-18)31-21-11-13-30-17-21)16-29-25(26-2)27-12-5-6-19-15-28-23-8-4-3-7-22(19)23;/h3-4,7-10,14-15,21,28H,5-6,11-13,16-17H2,1-2H3,(H2,26,27,29);1H. The molecule has 1 atom stereocenters. The molecule has 3 aromatic rings. The third kappa shape index (κ3) is 6.38. The van der Waals surface area contributed by atoms with E-state index in [2.05, 4.69) is 76.2 Å². The summed E-state index contributed by atoms with van der Waals surface area (Å²) < 4.78 is 11.6. The van der Waals surface area contributed by atoms with E-state index < -0.39 is 0 Å². The van der Waals surface area contributed by atoms with Gasteiger partial charge in [0.25, 0.3) is 0 Å². The predicted molar refractivity (Wildman–Crippen MR) is 141 cm³/mol. The van der Waals surface area contributed by atoms with Gasteiger partial charge in [-0.25, -0.2) is 0 Å². The molecule has 0 amide bonds. The Balaban J connectivity index is 0.00000289. The lowest BCUT2D eigenvalue weighted by atomic mass is 10.1. The molecule has 172 valence electrons. The number of aliphatic imine (C=N–C) groups is 1. The molecule has 0 radical (unpaired) electrons. The van der Waals surface area contributed by atoms with Gasteiger partial charge in [0.05, 0.1) is 13.2 Å². The molecule has 4 rings (SSSR count). The minimum Gasteiger partial charge on any atom is -0.488 e. The van der Waals surface area contributed by atoms with Crippen LogP contribution in [0.5, 0.6) is 5.75 Å². The fraction of sp³-hybridized carbons (Fsp3) is 0.400. The van der Waals surface area contributed by atoms with Crippen LogP contribution in [0.15, 0.2) is 53.7 Å². The second-order valence-electron chi connectivity index (χ2n) is 8.03. The van der Waals surface area contributed by atoms with Crippen LogP contribution in [-0.2, 0) is 17.7 Å². The van der Waals surface area contributed by atoms with Crippen molar-refractivity contribution >= 4 is 40.8 Å². The monoisotopic (exact) mass is 548 g/mol. The number of benzene rings is 2. The van der Waals surface area contributed by atoms with Crippen molar-refractivity contribution in [3.63, 3.8) is 0 Å². The summed E-state index contributed by atoms with van der Waals surface area (Å²) in [7, 11) is 1.80. The lowest BCUT2D eigenvalue weighted by Gasteiger charge is -2.18. The molecular weight excluding hydrogens is 515 g/mol. The van der Waals surface area contributed by atoms with Crippen LogP contribution >= 0.6 is 24.0 Å². The molecule has 1 aliphatic heterocycles. The number of hydrogen-bond donors (Lipinski definition) is 3. The summed E-state index contributed by atoms with van der Waals surface area (Å²) in [6, 6.07) is 14.8. The number of guanidine groups is 1. The van der Waals surface area contributed by atoms with Crippen LogP contribution in [0, 0.1) is 6.92 Å². The van der Waals surface area contributed by atoms with E-state index in [0.29, 0.717) is 13.2 Å². The first-order valence-electron chi connectivity index (χ1n) is 11.1. The van der Waals surface area contributed by atoms with Crippen molar-refractivity contribution in [1.29, 1.82) is 0 Å². The Kier molecular flexibility index (Phi) is 9.23. The molecule has 1 fully saturated rings. The van der Waals surface area contributed by atoms with E-state index in [4.69, 9.17) is 9.47 Å². The highest BCUT2D eigenvalue weighted by atomic mass is 127. The Hall–Kier alpha value is -2.26. The van der Waals surface area contributed by atoms with Crippen LogP contribution < -0.4 is 15.4 Å². The highest BCUT2D eigenvalue weighted by Gasteiger charge is 2.18. The fourth-order valence-electron chi connectivity index (χ4n) is 3.93.